The van der Waals surface area contributed by atoms with E-state index in [1.54, 1.807) is 18.2 Å². The molecule has 0 spiro atoms. The Kier molecular flexibility index (Phi) is 4.41. The summed E-state index contributed by atoms with van der Waals surface area (Å²) in [6.45, 7) is 1.84. The third kappa shape index (κ3) is 3.15. The number of terminal acetylenes is 1. The molecule has 0 fully saturated rings. The van der Waals surface area contributed by atoms with Crippen molar-refractivity contribution in [1.82, 2.24) is 5.32 Å². The Balaban J connectivity index is 2.93. The molecule has 0 aliphatic heterocycles. The van der Waals surface area contributed by atoms with Crippen molar-refractivity contribution in [2.24, 2.45) is 0 Å². The second-order valence-corrected chi connectivity index (χ2v) is 3.71. The zero-order valence-electron chi connectivity index (χ0n) is 9.99. The van der Waals surface area contributed by atoms with Crippen molar-refractivity contribution < 1.29 is 9.53 Å². The van der Waals surface area contributed by atoms with Gasteiger partial charge in [-0.25, -0.2) is 0 Å². The first-order valence-corrected chi connectivity index (χ1v) is 5.27. The van der Waals surface area contributed by atoms with Crippen molar-refractivity contribution in [2.75, 3.05) is 12.8 Å². The van der Waals surface area contributed by atoms with E-state index in [4.69, 9.17) is 16.9 Å². The van der Waals surface area contributed by atoms with Crippen molar-refractivity contribution in [3.8, 4) is 18.1 Å². The van der Waals surface area contributed by atoms with E-state index in [0.29, 0.717) is 23.4 Å². The van der Waals surface area contributed by atoms with Crippen LogP contribution < -0.4 is 15.8 Å². The lowest BCUT2D eigenvalue weighted by molar-refractivity contribution is 0.0939. The van der Waals surface area contributed by atoms with Gasteiger partial charge in [0.2, 0.25) is 0 Å². The van der Waals surface area contributed by atoms with Gasteiger partial charge in [-0.1, -0.05) is 6.07 Å². The maximum absolute atomic E-state index is 12.0. The second kappa shape index (κ2) is 5.80. The molecule has 4 nitrogen and oxygen atoms in total. The molecule has 0 heterocycles. The summed E-state index contributed by atoms with van der Waals surface area (Å²) in [6.07, 6.45) is 5.65. The number of carbonyl (C=O) groups excluding carboxylic acids is 1. The van der Waals surface area contributed by atoms with E-state index in [0.717, 1.165) is 0 Å². The first-order valence-electron chi connectivity index (χ1n) is 5.27. The summed E-state index contributed by atoms with van der Waals surface area (Å²) in [7, 11) is 1.50. The van der Waals surface area contributed by atoms with Gasteiger partial charge < -0.3 is 15.8 Å². The molecule has 1 aromatic rings. The zero-order valence-corrected chi connectivity index (χ0v) is 9.99. The lowest BCUT2D eigenvalue weighted by Crippen LogP contribution is -2.33. The highest BCUT2D eigenvalue weighted by Crippen LogP contribution is 2.23. The van der Waals surface area contributed by atoms with Crippen molar-refractivity contribution in [3.63, 3.8) is 0 Å². The Hall–Kier alpha value is -2.15. The average Bonchev–Trinajstić information content (AvgIpc) is 2.28. The molecule has 1 aromatic carbocycles. The van der Waals surface area contributed by atoms with Crippen LogP contribution in [0.25, 0.3) is 0 Å². The first kappa shape index (κ1) is 12.9. The molecule has 0 aliphatic rings. The number of anilines is 1. The van der Waals surface area contributed by atoms with Crippen LogP contribution in [-0.4, -0.2) is 19.1 Å². The van der Waals surface area contributed by atoms with Crippen molar-refractivity contribution in [1.29, 1.82) is 0 Å². The molecular weight excluding hydrogens is 216 g/mol. The zero-order chi connectivity index (χ0) is 12.8. The van der Waals surface area contributed by atoms with Crippen LogP contribution in [0.5, 0.6) is 5.75 Å². The Morgan fingerprint density at radius 1 is 1.65 bits per heavy atom. The number of carbonyl (C=O) groups is 1. The molecule has 1 atom stereocenters. The molecule has 3 N–H and O–H groups in total. The normalized spacial score (nSPS) is 11.4. The van der Waals surface area contributed by atoms with E-state index in [2.05, 4.69) is 11.2 Å². The van der Waals surface area contributed by atoms with Crippen LogP contribution in [0.1, 0.15) is 23.7 Å². The molecule has 1 unspecified atom stereocenters. The van der Waals surface area contributed by atoms with Crippen LogP contribution in [0.2, 0.25) is 0 Å². The minimum atomic E-state index is -0.275. The van der Waals surface area contributed by atoms with Gasteiger partial charge in [0.05, 0.1) is 7.11 Å². The van der Waals surface area contributed by atoms with Gasteiger partial charge in [0, 0.05) is 18.2 Å². The first-order chi connectivity index (χ1) is 8.10. The minimum Gasteiger partial charge on any atom is -0.496 e. The van der Waals surface area contributed by atoms with Gasteiger partial charge in [-0.05, 0) is 19.1 Å². The van der Waals surface area contributed by atoms with Gasteiger partial charge >= 0.3 is 0 Å². The van der Waals surface area contributed by atoms with Crippen molar-refractivity contribution >= 4 is 11.6 Å². The van der Waals surface area contributed by atoms with Crippen LogP contribution >= 0.6 is 0 Å². The molecule has 90 valence electrons. The number of hydrogen-bond donors (Lipinski definition) is 2. The number of rotatable bonds is 4. The van der Waals surface area contributed by atoms with Gasteiger partial charge in [0.1, 0.15) is 11.3 Å². The number of ether oxygens (including phenoxy) is 1. The van der Waals surface area contributed by atoms with Crippen molar-refractivity contribution in [3.05, 3.63) is 23.8 Å². The van der Waals surface area contributed by atoms with Gasteiger partial charge in [0.25, 0.3) is 5.91 Å². The minimum absolute atomic E-state index is 0.100. The molecule has 4 heteroatoms. The summed E-state index contributed by atoms with van der Waals surface area (Å²) < 4.78 is 5.11. The quantitative estimate of drug-likeness (QED) is 0.609. The molecule has 1 rings (SSSR count). The summed E-state index contributed by atoms with van der Waals surface area (Å²) in [5, 5.41) is 2.77. The largest absolute Gasteiger partial charge is 0.496 e. The molecule has 0 radical (unpaired) electrons. The SMILES string of the molecule is C#CCC(C)NC(=O)c1c(N)cccc1OC. The predicted octanol–water partition coefficient (Wildman–Crippen LogP) is 1.42. The topological polar surface area (TPSA) is 64.4 Å². The Morgan fingerprint density at radius 2 is 2.35 bits per heavy atom. The molecular formula is C13H16N2O2. The molecule has 0 aliphatic carbocycles. The summed E-state index contributed by atoms with van der Waals surface area (Å²) in [6, 6.07) is 4.98. The second-order valence-electron chi connectivity index (χ2n) is 3.71. The Bertz CT molecular complexity index is 449. The fourth-order valence-corrected chi connectivity index (χ4v) is 1.48. The number of nitrogens with one attached hydrogen (secondary N) is 1. The summed E-state index contributed by atoms with van der Waals surface area (Å²) in [4.78, 5) is 12.0. The Morgan fingerprint density at radius 3 is 2.94 bits per heavy atom. The smallest absolute Gasteiger partial charge is 0.257 e. The van der Waals surface area contributed by atoms with E-state index in [-0.39, 0.29) is 11.9 Å². The number of benzene rings is 1. The number of nitrogens with two attached hydrogens (primary N) is 1. The number of methoxy groups -OCH3 is 1. The van der Waals surface area contributed by atoms with E-state index >= 15 is 0 Å². The van der Waals surface area contributed by atoms with E-state index in [1.807, 2.05) is 6.92 Å². The maximum Gasteiger partial charge on any atom is 0.257 e. The highest BCUT2D eigenvalue weighted by atomic mass is 16.5. The standard InChI is InChI=1S/C13H16N2O2/c1-4-6-9(2)15-13(16)12-10(14)7-5-8-11(12)17-3/h1,5,7-9H,6,14H2,2-3H3,(H,15,16). The lowest BCUT2D eigenvalue weighted by Gasteiger charge is -2.14. The van der Waals surface area contributed by atoms with Gasteiger partial charge in [-0.3, -0.25) is 4.79 Å². The third-order valence-electron chi connectivity index (χ3n) is 2.31. The average molecular weight is 232 g/mol. The van der Waals surface area contributed by atoms with Crippen LogP contribution in [0.15, 0.2) is 18.2 Å². The highest BCUT2D eigenvalue weighted by Gasteiger charge is 2.16. The number of hydrogen-bond acceptors (Lipinski definition) is 3. The molecule has 17 heavy (non-hydrogen) atoms. The fraction of sp³-hybridized carbons (Fsp3) is 0.308. The molecule has 0 aromatic heterocycles. The monoisotopic (exact) mass is 232 g/mol. The highest BCUT2D eigenvalue weighted by molar-refractivity contribution is 6.02. The fourth-order valence-electron chi connectivity index (χ4n) is 1.48. The number of amides is 1. The maximum atomic E-state index is 12.0. The van der Waals surface area contributed by atoms with Crippen molar-refractivity contribution in [2.45, 2.75) is 19.4 Å². The van der Waals surface area contributed by atoms with E-state index < -0.39 is 0 Å². The summed E-state index contributed by atoms with van der Waals surface area (Å²) >= 11 is 0. The molecule has 0 bridgehead atoms. The van der Waals surface area contributed by atoms with Crippen LogP contribution in [0.4, 0.5) is 5.69 Å². The Labute approximate surface area is 101 Å². The summed E-state index contributed by atoms with van der Waals surface area (Å²) in [5.74, 6) is 2.67. The van der Waals surface area contributed by atoms with E-state index in [1.165, 1.54) is 7.11 Å². The summed E-state index contributed by atoms with van der Waals surface area (Å²) in [5.41, 5.74) is 6.50. The van der Waals surface area contributed by atoms with Crippen LogP contribution in [0, 0.1) is 12.3 Å². The molecule has 0 saturated heterocycles. The third-order valence-corrected chi connectivity index (χ3v) is 2.31. The van der Waals surface area contributed by atoms with Gasteiger partial charge in [-0.2, -0.15) is 0 Å². The van der Waals surface area contributed by atoms with Crippen LogP contribution in [-0.2, 0) is 0 Å². The van der Waals surface area contributed by atoms with Gasteiger partial charge in [0.15, 0.2) is 0 Å². The van der Waals surface area contributed by atoms with E-state index in [9.17, 15) is 4.79 Å². The van der Waals surface area contributed by atoms with Crippen LogP contribution in [0.3, 0.4) is 0 Å². The predicted molar refractivity (Wildman–Crippen MR) is 67.8 cm³/mol. The molecule has 0 saturated carbocycles. The molecule has 1 amide bonds. The van der Waals surface area contributed by atoms with Gasteiger partial charge in [-0.15, -0.1) is 12.3 Å². The number of nitrogen functional groups attached to an aromatic ring is 1. The lowest BCUT2D eigenvalue weighted by atomic mass is 10.1.